The number of hydrogen-bond acceptors (Lipinski definition) is 3. The molecule has 1 fully saturated rings. The van der Waals surface area contributed by atoms with Crippen LogP contribution in [0.4, 0.5) is 0 Å². The SMILES string of the molecule is COC(=O)CCC(=O)N1CCC(Cc2ccccc2)C1. The second-order valence-corrected chi connectivity index (χ2v) is 5.26. The minimum atomic E-state index is -0.321. The van der Waals surface area contributed by atoms with E-state index in [1.807, 2.05) is 23.1 Å². The van der Waals surface area contributed by atoms with Crippen molar-refractivity contribution >= 4 is 11.9 Å². The maximum absolute atomic E-state index is 12.0. The van der Waals surface area contributed by atoms with Crippen molar-refractivity contribution in [2.24, 2.45) is 5.92 Å². The van der Waals surface area contributed by atoms with Gasteiger partial charge < -0.3 is 9.64 Å². The van der Waals surface area contributed by atoms with E-state index in [-0.39, 0.29) is 24.7 Å². The molecule has 0 radical (unpaired) electrons. The number of amides is 1. The Morgan fingerprint density at radius 2 is 2.00 bits per heavy atom. The molecule has 1 heterocycles. The minimum absolute atomic E-state index is 0.0611. The molecule has 0 N–H and O–H groups in total. The van der Waals surface area contributed by atoms with Crippen LogP contribution in [0.1, 0.15) is 24.8 Å². The molecule has 0 spiro atoms. The van der Waals surface area contributed by atoms with Crippen molar-refractivity contribution in [3.8, 4) is 0 Å². The summed E-state index contributed by atoms with van der Waals surface area (Å²) in [5, 5.41) is 0. The third-order valence-corrected chi connectivity index (χ3v) is 3.78. The first kappa shape index (κ1) is 14.6. The van der Waals surface area contributed by atoms with Gasteiger partial charge in [-0.25, -0.2) is 0 Å². The molecule has 0 aromatic heterocycles. The average molecular weight is 275 g/mol. The summed E-state index contributed by atoms with van der Waals surface area (Å²) in [6.45, 7) is 1.60. The van der Waals surface area contributed by atoms with E-state index in [2.05, 4.69) is 16.9 Å². The third kappa shape index (κ3) is 4.08. The molecule has 20 heavy (non-hydrogen) atoms. The Kier molecular flexibility index (Phi) is 5.16. The van der Waals surface area contributed by atoms with Gasteiger partial charge in [-0.05, 0) is 24.3 Å². The lowest BCUT2D eigenvalue weighted by Gasteiger charge is -2.16. The van der Waals surface area contributed by atoms with Gasteiger partial charge in [0.2, 0.25) is 5.91 Å². The van der Waals surface area contributed by atoms with Gasteiger partial charge in [-0.1, -0.05) is 30.3 Å². The largest absolute Gasteiger partial charge is 0.469 e. The molecule has 0 aliphatic carbocycles. The molecule has 1 atom stereocenters. The number of likely N-dealkylation sites (tertiary alicyclic amines) is 1. The summed E-state index contributed by atoms with van der Waals surface area (Å²) in [7, 11) is 1.35. The van der Waals surface area contributed by atoms with Crippen LogP contribution in [-0.2, 0) is 20.7 Å². The summed E-state index contributed by atoms with van der Waals surface area (Å²) in [6.07, 6.45) is 2.49. The van der Waals surface area contributed by atoms with E-state index in [9.17, 15) is 9.59 Å². The van der Waals surface area contributed by atoms with Crippen molar-refractivity contribution < 1.29 is 14.3 Å². The fourth-order valence-electron chi connectivity index (χ4n) is 2.64. The van der Waals surface area contributed by atoms with Crippen molar-refractivity contribution in [1.29, 1.82) is 0 Å². The molecule has 1 aliphatic rings. The predicted molar refractivity (Wildman–Crippen MR) is 76.1 cm³/mol. The highest BCUT2D eigenvalue weighted by Crippen LogP contribution is 2.21. The van der Waals surface area contributed by atoms with Crippen LogP contribution in [0, 0.1) is 5.92 Å². The Morgan fingerprint density at radius 1 is 1.25 bits per heavy atom. The Morgan fingerprint density at radius 3 is 2.70 bits per heavy atom. The standard InChI is InChI=1S/C16H21NO3/c1-20-16(19)8-7-15(18)17-10-9-14(12-17)11-13-5-3-2-4-6-13/h2-6,14H,7-12H2,1H3. The number of esters is 1. The van der Waals surface area contributed by atoms with Gasteiger partial charge in [-0.15, -0.1) is 0 Å². The van der Waals surface area contributed by atoms with Gasteiger partial charge in [0.25, 0.3) is 0 Å². The first-order chi connectivity index (χ1) is 9.69. The quantitative estimate of drug-likeness (QED) is 0.772. The summed E-state index contributed by atoms with van der Waals surface area (Å²) in [5.41, 5.74) is 1.32. The predicted octanol–water partition coefficient (Wildman–Crippen LogP) is 2.03. The van der Waals surface area contributed by atoms with Gasteiger partial charge in [0.05, 0.1) is 13.5 Å². The molecule has 4 nitrogen and oxygen atoms in total. The lowest BCUT2D eigenvalue weighted by Crippen LogP contribution is -2.29. The second kappa shape index (κ2) is 7.08. The zero-order valence-electron chi connectivity index (χ0n) is 11.9. The number of carbonyl (C=O) groups is 2. The highest BCUT2D eigenvalue weighted by molar-refractivity contribution is 5.81. The molecule has 1 amide bonds. The van der Waals surface area contributed by atoms with Crippen LogP contribution in [0.25, 0.3) is 0 Å². The van der Waals surface area contributed by atoms with E-state index in [0.717, 1.165) is 25.9 Å². The molecule has 4 heteroatoms. The summed E-state index contributed by atoms with van der Waals surface area (Å²) in [5.74, 6) is 0.267. The van der Waals surface area contributed by atoms with E-state index in [0.29, 0.717) is 5.92 Å². The smallest absolute Gasteiger partial charge is 0.306 e. The van der Waals surface area contributed by atoms with Crippen molar-refractivity contribution in [3.05, 3.63) is 35.9 Å². The van der Waals surface area contributed by atoms with Crippen molar-refractivity contribution in [2.45, 2.75) is 25.7 Å². The first-order valence-corrected chi connectivity index (χ1v) is 7.07. The number of carbonyl (C=O) groups excluding carboxylic acids is 2. The fraction of sp³-hybridized carbons (Fsp3) is 0.500. The van der Waals surface area contributed by atoms with Crippen LogP contribution in [0.5, 0.6) is 0 Å². The number of hydrogen-bond donors (Lipinski definition) is 0. The molecule has 1 aromatic rings. The maximum Gasteiger partial charge on any atom is 0.306 e. The van der Waals surface area contributed by atoms with Crippen molar-refractivity contribution in [1.82, 2.24) is 4.90 Å². The van der Waals surface area contributed by atoms with E-state index in [1.54, 1.807) is 0 Å². The Labute approximate surface area is 119 Å². The van der Waals surface area contributed by atoms with Crippen molar-refractivity contribution in [3.63, 3.8) is 0 Å². The number of rotatable bonds is 5. The molecular formula is C16H21NO3. The zero-order chi connectivity index (χ0) is 14.4. The summed E-state index contributed by atoms with van der Waals surface area (Å²) < 4.78 is 4.55. The minimum Gasteiger partial charge on any atom is -0.469 e. The van der Waals surface area contributed by atoms with Gasteiger partial charge in [0.15, 0.2) is 0 Å². The van der Waals surface area contributed by atoms with Crippen LogP contribution in [0.2, 0.25) is 0 Å². The molecule has 1 aliphatic heterocycles. The number of methoxy groups -OCH3 is 1. The number of benzene rings is 1. The van der Waals surface area contributed by atoms with Gasteiger partial charge in [-0.2, -0.15) is 0 Å². The maximum atomic E-state index is 12.0. The fourth-order valence-corrected chi connectivity index (χ4v) is 2.64. The van der Waals surface area contributed by atoms with Crippen LogP contribution < -0.4 is 0 Å². The Bertz CT molecular complexity index is 458. The lowest BCUT2D eigenvalue weighted by atomic mass is 9.99. The van der Waals surface area contributed by atoms with Crippen LogP contribution in [0.3, 0.4) is 0 Å². The van der Waals surface area contributed by atoms with Crippen LogP contribution >= 0.6 is 0 Å². The van der Waals surface area contributed by atoms with Gasteiger partial charge in [0.1, 0.15) is 0 Å². The van der Waals surface area contributed by atoms with E-state index >= 15 is 0 Å². The Hall–Kier alpha value is -1.84. The van der Waals surface area contributed by atoms with Crippen LogP contribution in [0.15, 0.2) is 30.3 Å². The lowest BCUT2D eigenvalue weighted by molar-refractivity contribution is -0.143. The third-order valence-electron chi connectivity index (χ3n) is 3.78. The molecule has 1 aromatic carbocycles. The van der Waals surface area contributed by atoms with Crippen LogP contribution in [-0.4, -0.2) is 37.0 Å². The molecule has 0 bridgehead atoms. The number of nitrogens with zero attached hydrogens (tertiary/aromatic N) is 1. The van der Waals surface area contributed by atoms with Gasteiger partial charge in [-0.3, -0.25) is 9.59 Å². The van der Waals surface area contributed by atoms with Gasteiger partial charge in [0, 0.05) is 19.5 Å². The first-order valence-electron chi connectivity index (χ1n) is 7.07. The molecule has 2 rings (SSSR count). The van der Waals surface area contributed by atoms with Crippen molar-refractivity contribution in [2.75, 3.05) is 20.2 Å². The molecule has 1 saturated heterocycles. The zero-order valence-corrected chi connectivity index (χ0v) is 11.9. The van der Waals surface area contributed by atoms with E-state index in [4.69, 9.17) is 0 Å². The highest BCUT2D eigenvalue weighted by atomic mass is 16.5. The van der Waals surface area contributed by atoms with E-state index < -0.39 is 0 Å². The second-order valence-electron chi connectivity index (χ2n) is 5.26. The summed E-state index contributed by atoms with van der Waals surface area (Å²) >= 11 is 0. The molecule has 0 saturated carbocycles. The molecular weight excluding hydrogens is 254 g/mol. The van der Waals surface area contributed by atoms with E-state index in [1.165, 1.54) is 12.7 Å². The Balaban J connectivity index is 1.77. The average Bonchev–Trinajstić information content (AvgIpc) is 2.94. The highest BCUT2D eigenvalue weighted by Gasteiger charge is 2.26. The monoisotopic (exact) mass is 275 g/mol. The number of ether oxygens (including phenoxy) is 1. The summed E-state index contributed by atoms with van der Waals surface area (Å²) in [6, 6.07) is 10.4. The summed E-state index contributed by atoms with van der Waals surface area (Å²) in [4.78, 5) is 24.9. The van der Waals surface area contributed by atoms with Gasteiger partial charge >= 0.3 is 5.97 Å². The topological polar surface area (TPSA) is 46.6 Å². The molecule has 1 unspecified atom stereocenters. The normalized spacial score (nSPS) is 18.1. The molecule has 108 valence electrons.